The topological polar surface area (TPSA) is 173 Å². The summed E-state index contributed by atoms with van der Waals surface area (Å²) >= 11 is 0. The van der Waals surface area contributed by atoms with Gasteiger partial charge in [0.1, 0.15) is 12.5 Å². The van der Waals surface area contributed by atoms with Crippen LogP contribution in [0.3, 0.4) is 0 Å². The summed E-state index contributed by atoms with van der Waals surface area (Å²) in [5.41, 5.74) is 12.3. The zero-order valence-electron chi connectivity index (χ0n) is 15.9. The third-order valence-electron chi connectivity index (χ3n) is 3.68. The molecule has 29 heavy (non-hydrogen) atoms. The summed E-state index contributed by atoms with van der Waals surface area (Å²) in [5, 5.41) is 9.82. The summed E-state index contributed by atoms with van der Waals surface area (Å²) < 4.78 is 14.9. The van der Waals surface area contributed by atoms with Crippen molar-refractivity contribution in [1.82, 2.24) is 15.5 Å². The Morgan fingerprint density at radius 3 is 2.59 bits per heavy atom. The maximum absolute atomic E-state index is 12.0. The first-order valence-corrected chi connectivity index (χ1v) is 8.99. The minimum Gasteiger partial charge on any atom is -0.450 e. The molecule has 0 fully saturated rings. The molecule has 0 saturated heterocycles. The fourth-order valence-corrected chi connectivity index (χ4v) is 2.12. The summed E-state index contributed by atoms with van der Waals surface area (Å²) in [7, 11) is 0. The predicted octanol–water partition coefficient (Wildman–Crippen LogP) is 0.785. The maximum Gasteiger partial charge on any atom is 0.407 e. The summed E-state index contributed by atoms with van der Waals surface area (Å²) in [6.45, 7) is 1.88. The van der Waals surface area contributed by atoms with E-state index in [4.69, 9.17) is 25.4 Å². The van der Waals surface area contributed by atoms with E-state index in [1.54, 1.807) is 24.3 Å². The van der Waals surface area contributed by atoms with Gasteiger partial charge in [0.15, 0.2) is 0 Å². The molecule has 1 aromatic carbocycles. The van der Waals surface area contributed by atoms with Crippen LogP contribution in [0, 0.1) is 0 Å². The van der Waals surface area contributed by atoms with Crippen LogP contribution < -0.4 is 16.8 Å². The number of unbranched alkanes of at least 4 members (excludes halogenated alkanes) is 1. The molecule has 11 nitrogen and oxygen atoms in total. The molecule has 0 radical (unpaired) electrons. The molecule has 156 valence electrons. The largest absolute Gasteiger partial charge is 0.450 e. The number of esters is 2. The lowest BCUT2D eigenvalue weighted by Crippen LogP contribution is -2.47. The van der Waals surface area contributed by atoms with E-state index in [0.29, 0.717) is 17.7 Å². The Kier molecular flexibility index (Phi) is 8.10. The molecule has 1 atom stereocenters. The fourth-order valence-electron chi connectivity index (χ4n) is 2.12. The third kappa shape index (κ3) is 6.88. The molecule has 0 saturated carbocycles. The first-order valence-electron chi connectivity index (χ1n) is 8.99. The number of ether oxygens (including phenoxy) is 2. The first-order chi connectivity index (χ1) is 13.9. The maximum atomic E-state index is 12.0. The number of carbonyl (C=O) groups excluding carboxylic acids is 3. The van der Waals surface area contributed by atoms with E-state index in [1.807, 2.05) is 6.92 Å². The van der Waals surface area contributed by atoms with Gasteiger partial charge in [-0.05, 0) is 30.7 Å². The van der Waals surface area contributed by atoms with Crippen molar-refractivity contribution in [2.75, 3.05) is 18.9 Å². The van der Waals surface area contributed by atoms with Gasteiger partial charge in [-0.25, -0.2) is 9.59 Å². The number of hydrogen-bond donors (Lipinski definition) is 3. The molecular weight excluding hydrogens is 382 g/mol. The quantitative estimate of drug-likeness (QED) is 0.234. The summed E-state index contributed by atoms with van der Waals surface area (Å²) in [6.07, 6.45) is 0.293. The van der Waals surface area contributed by atoms with Crippen molar-refractivity contribution in [2.45, 2.75) is 32.2 Å². The predicted molar refractivity (Wildman–Crippen MR) is 101 cm³/mol. The monoisotopic (exact) mass is 405 g/mol. The van der Waals surface area contributed by atoms with Crippen molar-refractivity contribution < 1.29 is 28.3 Å². The van der Waals surface area contributed by atoms with Crippen LogP contribution in [0.15, 0.2) is 28.7 Å². The van der Waals surface area contributed by atoms with Crippen LogP contribution in [0.25, 0.3) is 11.5 Å². The number of nitrogen functional groups attached to an aromatic ring is 1. The van der Waals surface area contributed by atoms with Gasteiger partial charge in [0, 0.05) is 17.8 Å². The molecule has 0 aliphatic heterocycles. The van der Waals surface area contributed by atoms with E-state index in [2.05, 4.69) is 15.5 Å². The minimum absolute atomic E-state index is 0.0362. The molecule has 0 bridgehead atoms. The van der Waals surface area contributed by atoms with Gasteiger partial charge in [-0.1, -0.05) is 13.3 Å². The number of rotatable bonds is 9. The standard InChI is InChI=1S/C18H23N5O6/c1-2-3-8-27-18(26)21-13(10-19)17(25)29-15(24)9-14-22-23-16(28-14)11-4-6-12(20)7-5-11/h4-7,13H,2-3,8-10,19-20H2,1H3,(H,21,26). The highest BCUT2D eigenvalue weighted by molar-refractivity contribution is 5.90. The van der Waals surface area contributed by atoms with Gasteiger partial charge in [-0.3, -0.25) is 4.79 Å². The zero-order chi connectivity index (χ0) is 21.2. The van der Waals surface area contributed by atoms with E-state index in [0.717, 1.165) is 6.42 Å². The fraction of sp³-hybridized carbons (Fsp3) is 0.389. The van der Waals surface area contributed by atoms with Gasteiger partial charge in [-0.2, -0.15) is 0 Å². The van der Waals surface area contributed by atoms with Crippen LogP contribution in [0.5, 0.6) is 0 Å². The number of hydrogen-bond acceptors (Lipinski definition) is 10. The normalized spacial score (nSPS) is 11.5. The summed E-state index contributed by atoms with van der Waals surface area (Å²) in [4.78, 5) is 35.6. The van der Waals surface area contributed by atoms with Crippen molar-refractivity contribution in [3.8, 4) is 11.5 Å². The van der Waals surface area contributed by atoms with Gasteiger partial charge in [0.2, 0.25) is 11.8 Å². The number of nitrogens with one attached hydrogen (secondary N) is 1. The van der Waals surface area contributed by atoms with E-state index in [9.17, 15) is 14.4 Å². The third-order valence-corrected chi connectivity index (χ3v) is 3.68. The molecule has 2 aromatic rings. The van der Waals surface area contributed by atoms with Crippen molar-refractivity contribution in [2.24, 2.45) is 5.73 Å². The molecule has 5 N–H and O–H groups in total. The molecule has 1 heterocycles. The van der Waals surface area contributed by atoms with Crippen LogP contribution in [-0.4, -0.2) is 47.4 Å². The average molecular weight is 405 g/mol. The number of carbonyl (C=O) groups is 3. The molecule has 2 rings (SSSR count). The number of benzene rings is 1. The Balaban J connectivity index is 1.86. The SMILES string of the molecule is CCCCOC(=O)NC(CN)C(=O)OC(=O)Cc1nnc(-c2ccc(N)cc2)o1. The molecule has 11 heteroatoms. The van der Waals surface area contributed by atoms with Gasteiger partial charge in [0.05, 0.1) is 6.61 Å². The Hall–Kier alpha value is -3.47. The van der Waals surface area contributed by atoms with Crippen LogP contribution in [0.1, 0.15) is 25.7 Å². The molecule has 0 spiro atoms. The average Bonchev–Trinajstić information content (AvgIpc) is 3.15. The van der Waals surface area contributed by atoms with Crippen LogP contribution >= 0.6 is 0 Å². The number of anilines is 1. The first kappa shape index (κ1) is 21.8. The highest BCUT2D eigenvalue weighted by Crippen LogP contribution is 2.19. The highest BCUT2D eigenvalue weighted by Gasteiger charge is 2.25. The minimum atomic E-state index is -1.22. The zero-order valence-corrected chi connectivity index (χ0v) is 15.9. The van der Waals surface area contributed by atoms with E-state index >= 15 is 0 Å². The van der Waals surface area contributed by atoms with Crippen molar-refractivity contribution in [3.05, 3.63) is 30.2 Å². The second kappa shape index (κ2) is 10.8. The number of amides is 1. The van der Waals surface area contributed by atoms with Crippen LogP contribution in [-0.2, 0) is 25.5 Å². The van der Waals surface area contributed by atoms with Gasteiger partial charge < -0.3 is 30.7 Å². The summed E-state index contributed by atoms with van der Waals surface area (Å²) in [5.74, 6) is -1.79. The Bertz CT molecular complexity index is 836. The van der Waals surface area contributed by atoms with E-state index in [-0.39, 0.29) is 24.9 Å². The Morgan fingerprint density at radius 2 is 1.93 bits per heavy atom. The van der Waals surface area contributed by atoms with Crippen molar-refractivity contribution in [1.29, 1.82) is 0 Å². The van der Waals surface area contributed by atoms with E-state index < -0.39 is 30.5 Å². The Labute approximate surface area is 166 Å². The van der Waals surface area contributed by atoms with Gasteiger partial charge >= 0.3 is 18.0 Å². The number of aromatic nitrogens is 2. The highest BCUT2D eigenvalue weighted by atomic mass is 16.6. The van der Waals surface area contributed by atoms with Gasteiger partial charge in [0.25, 0.3) is 0 Å². The van der Waals surface area contributed by atoms with Crippen LogP contribution in [0.2, 0.25) is 0 Å². The number of nitrogens with two attached hydrogens (primary N) is 2. The smallest absolute Gasteiger partial charge is 0.407 e. The molecule has 1 aromatic heterocycles. The lowest BCUT2D eigenvalue weighted by Gasteiger charge is -2.14. The number of nitrogens with zero attached hydrogens (tertiary/aromatic N) is 2. The molecular formula is C18H23N5O6. The summed E-state index contributed by atoms with van der Waals surface area (Å²) in [6, 6.07) is 5.48. The Morgan fingerprint density at radius 1 is 1.21 bits per heavy atom. The molecule has 1 unspecified atom stereocenters. The molecule has 0 aliphatic carbocycles. The second-order valence-electron chi connectivity index (χ2n) is 6.01. The van der Waals surface area contributed by atoms with Crippen molar-refractivity contribution in [3.63, 3.8) is 0 Å². The lowest BCUT2D eigenvalue weighted by molar-refractivity contribution is -0.160. The second-order valence-corrected chi connectivity index (χ2v) is 6.01. The molecule has 1 amide bonds. The number of alkyl carbamates (subject to hydrolysis) is 1. The van der Waals surface area contributed by atoms with Gasteiger partial charge in [-0.15, -0.1) is 10.2 Å². The van der Waals surface area contributed by atoms with E-state index in [1.165, 1.54) is 0 Å². The molecule has 0 aliphatic rings. The van der Waals surface area contributed by atoms with Crippen LogP contribution in [0.4, 0.5) is 10.5 Å². The van der Waals surface area contributed by atoms with Crippen molar-refractivity contribution >= 4 is 23.7 Å². The lowest BCUT2D eigenvalue weighted by atomic mass is 10.2.